The molecule has 1 heterocycles. The highest BCUT2D eigenvalue weighted by Crippen LogP contribution is 2.44. The molecule has 0 unspecified atom stereocenters. The smallest absolute Gasteiger partial charge is 0.410 e. The number of aliphatic carboxylic acids is 1. The lowest BCUT2D eigenvalue weighted by Crippen LogP contribution is -2.48. The maximum atomic E-state index is 12.8. The maximum absolute atomic E-state index is 12.8. The first-order chi connectivity index (χ1) is 13.6. The molecule has 0 saturated carbocycles. The monoisotopic (exact) mass is 379 g/mol. The van der Waals surface area contributed by atoms with E-state index in [0.29, 0.717) is 12.8 Å². The van der Waals surface area contributed by atoms with Gasteiger partial charge in [-0.3, -0.25) is 4.79 Å². The number of likely N-dealkylation sites (tertiary alicyclic amines) is 1. The van der Waals surface area contributed by atoms with Gasteiger partial charge in [0, 0.05) is 18.5 Å². The number of carboxylic acids is 1. The van der Waals surface area contributed by atoms with Crippen LogP contribution in [0, 0.1) is 5.92 Å². The number of benzene rings is 2. The summed E-state index contributed by atoms with van der Waals surface area (Å²) in [4.78, 5) is 25.8. The average Bonchev–Trinajstić information content (AvgIpc) is 3.05. The molecule has 28 heavy (non-hydrogen) atoms. The Labute approximate surface area is 164 Å². The van der Waals surface area contributed by atoms with Crippen molar-refractivity contribution in [1.82, 2.24) is 4.90 Å². The van der Waals surface area contributed by atoms with Crippen molar-refractivity contribution in [3.05, 3.63) is 59.7 Å². The minimum Gasteiger partial charge on any atom is -0.481 e. The molecule has 0 aromatic heterocycles. The summed E-state index contributed by atoms with van der Waals surface area (Å²) in [5, 5.41) is 9.34. The first-order valence-electron chi connectivity index (χ1n) is 9.94. The van der Waals surface area contributed by atoms with Crippen molar-refractivity contribution >= 4 is 12.1 Å². The molecule has 4 rings (SSSR count). The van der Waals surface area contributed by atoms with Crippen molar-refractivity contribution in [2.45, 2.75) is 38.1 Å². The Hall–Kier alpha value is -2.82. The SMILES string of the molecule is CC[C@@H]1CC[C@H](C(=O)O)CN1C(=O)OCC1c2ccccc2-c2ccccc21. The number of fused-ring (bicyclic) bond motifs is 3. The van der Waals surface area contributed by atoms with Gasteiger partial charge < -0.3 is 14.7 Å². The fourth-order valence-electron chi connectivity index (χ4n) is 4.55. The van der Waals surface area contributed by atoms with E-state index in [0.717, 1.165) is 6.42 Å². The molecule has 1 aliphatic carbocycles. The summed E-state index contributed by atoms with van der Waals surface area (Å²) >= 11 is 0. The van der Waals surface area contributed by atoms with E-state index in [1.165, 1.54) is 22.3 Å². The Morgan fingerprint density at radius 2 is 1.64 bits per heavy atom. The van der Waals surface area contributed by atoms with Crippen LogP contribution in [-0.2, 0) is 9.53 Å². The second kappa shape index (κ2) is 7.66. The predicted octanol–water partition coefficient (Wildman–Crippen LogP) is 4.51. The van der Waals surface area contributed by atoms with E-state index in [4.69, 9.17) is 4.74 Å². The van der Waals surface area contributed by atoms with E-state index >= 15 is 0 Å². The van der Waals surface area contributed by atoms with Crippen LogP contribution in [0.1, 0.15) is 43.2 Å². The molecule has 2 aromatic rings. The molecule has 2 aliphatic rings. The Morgan fingerprint density at radius 3 is 2.21 bits per heavy atom. The maximum Gasteiger partial charge on any atom is 0.410 e. The number of nitrogens with zero attached hydrogens (tertiary/aromatic N) is 1. The molecule has 2 atom stereocenters. The standard InChI is InChI=1S/C23H25NO4/c1-2-16-12-11-15(22(25)26)13-24(16)23(27)28-14-21-19-9-5-3-7-17(19)18-8-4-6-10-20(18)21/h3-10,15-16,21H,2,11-14H2,1H3,(H,25,26)/t15-,16+/m0/s1. The summed E-state index contributed by atoms with van der Waals surface area (Å²) in [5.74, 6) is -1.34. The first kappa shape index (κ1) is 18.5. The van der Waals surface area contributed by atoms with Crippen LogP contribution in [0.4, 0.5) is 4.79 Å². The molecule has 0 bridgehead atoms. The number of carbonyl (C=O) groups is 2. The normalized spacial score (nSPS) is 21.1. The summed E-state index contributed by atoms with van der Waals surface area (Å²) in [7, 11) is 0. The lowest BCUT2D eigenvalue weighted by Gasteiger charge is -2.37. The van der Waals surface area contributed by atoms with Crippen molar-refractivity contribution in [3.8, 4) is 11.1 Å². The minimum atomic E-state index is -0.842. The summed E-state index contributed by atoms with van der Waals surface area (Å²) in [5.41, 5.74) is 4.72. The van der Waals surface area contributed by atoms with Crippen LogP contribution < -0.4 is 0 Å². The van der Waals surface area contributed by atoms with Crippen LogP contribution in [-0.4, -0.2) is 41.3 Å². The zero-order valence-corrected chi connectivity index (χ0v) is 16.0. The number of rotatable bonds is 4. The Kier molecular flexibility index (Phi) is 5.07. The quantitative estimate of drug-likeness (QED) is 0.849. The number of piperidine rings is 1. The first-order valence-corrected chi connectivity index (χ1v) is 9.94. The molecule has 1 amide bonds. The second-order valence-electron chi connectivity index (χ2n) is 7.63. The summed E-state index contributed by atoms with van der Waals surface area (Å²) in [6, 6.07) is 16.5. The minimum absolute atomic E-state index is 0.0106. The topological polar surface area (TPSA) is 66.8 Å². The van der Waals surface area contributed by atoms with Crippen LogP contribution in [0.3, 0.4) is 0 Å². The molecular weight excluding hydrogens is 354 g/mol. The molecule has 0 radical (unpaired) electrons. The van der Waals surface area contributed by atoms with E-state index in [9.17, 15) is 14.7 Å². The Morgan fingerprint density at radius 1 is 1.04 bits per heavy atom. The summed E-state index contributed by atoms with van der Waals surface area (Å²) in [6.45, 7) is 2.51. The average molecular weight is 379 g/mol. The molecule has 1 N–H and O–H groups in total. The molecule has 0 spiro atoms. The number of ether oxygens (including phenoxy) is 1. The number of amides is 1. The highest BCUT2D eigenvalue weighted by Gasteiger charge is 2.36. The van der Waals surface area contributed by atoms with Crippen LogP contribution >= 0.6 is 0 Å². The highest BCUT2D eigenvalue weighted by atomic mass is 16.6. The zero-order chi connectivity index (χ0) is 19.7. The predicted molar refractivity (Wildman–Crippen MR) is 106 cm³/mol. The van der Waals surface area contributed by atoms with Gasteiger partial charge in [0.2, 0.25) is 0 Å². The third-order valence-corrected chi connectivity index (χ3v) is 6.10. The summed E-state index contributed by atoms with van der Waals surface area (Å²) < 4.78 is 5.73. The molecule has 5 nitrogen and oxygen atoms in total. The Bertz CT molecular complexity index is 848. The largest absolute Gasteiger partial charge is 0.481 e. The summed E-state index contributed by atoms with van der Waals surface area (Å²) in [6.07, 6.45) is 1.72. The van der Waals surface area contributed by atoms with Crippen LogP contribution in [0.15, 0.2) is 48.5 Å². The van der Waals surface area contributed by atoms with Gasteiger partial charge in [-0.05, 0) is 41.5 Å². The van der Waals surface area contributed by atoms with Crippen molar-refractivity contribution in [1.29, 1.82) is 0 Å². The lowest BCUT2D eigenvalue weighted by molar-refractivity contribution is -0.143. The van der Waals surface area contributed by atoms with Gasteiger partial charge in [-0.2, -0.15) is 0 Å². The molecule has 2 aromatic carbocycles. The van der Waals surface area contributed by atoms with E-state index in [2.05, 4.69) is 24.3 Å². The van der Waals surface area contributed by atoms with E-state index in [1.807, 2.05) is 31.2 Å². The number of hydrogen-bond acceptors (Lipinski definition) is 3. The highest BCUT2D eigenvalue weighted by molar-refractivity contribution is 5.79. The van der Waals surface area contributed by atoms with E-state index in [1.54, 1.807) is 4.90 Å². The van der Waals surface area contributed by atoms with Gasteiger partial charge in [0.25, 0.3) is 0 Å². The van der Waals surface area contributed by atoms with Crippen LogP contribution in [0.2, 0.25) is 0 Å². The zero-order valence-electron chi connectivity index (χ0n) is 16.0. The van der Waals surface area contributed by atoms with E-state index in [-0.39, 0.29) is 25.1 Å². The van der Waals surface area contributed by atoms with Crippen molar-refractivity contribution in [2.75, 3.05) is 13.2 Å². The van der Waals surface area contributed by atoms with Gasteiger partial charge in [0.15, 0.2) is 0 Å². The van der Waals surface area contributed by atoms with Gasteiger partial charge >= 0.3 is 12.1 Å². The van der Waals surface area contributed by atoms with Crippen LogP contribution in [0.5, 0.6) is 0 Å². The molecular formula is C23H25NO4. The molecule has 146 valence electrons. The Balaban J connectivity index is 1.51. The fourth-order valence-corrected chi connectivity index (χ4v) is 4.55. The van der Waals surface area contributed by atoms with Crippen LogP contribution in [0.25, 0.3) is 11.1 Å². The van der Waals surface area contributed by atoms with Gasteiger partial charge in [0.1, 0.15) is 6.61 Å². The third-order valence-electron chi connectivity index (χ3n) is 6.10. The van der Waals surface area contributed by atoms with Gasteiger partial charge in [-0.25, -0.2) is 4.79 Å². The van der Waals surface area contributed by atoms with Gasteiger partial charge in [0.05, 0.1) is 5.92 Å². The number of carbonyl (C=O) groups excluding carboxylic acids is 1. The van der Waals surface area contributed by atoms with Crippen molar-refractivity contribution in [2.24, 2.45) is 5.92 Å². The molecule has 1 saturated heterocycles. The fraction of sp³-hybridized carbons (Fsp3) is 0.391. The van der Waals surface area contributed by atoms with Crippen molar-refractivity contribution in [3.63, 3.8) is 0 Å². The molecule has 1 fully saturated rings. The van der Waals surface area contributed by atoms with Gasteiger partial charge in [-0.15, -0.1) is 0 Å². The molecule has 1 aliphatic heterocycles. The third kappa shape index (κ3) is 3.26. The lowest BCUT2D eigenvalue weighted by atomic mass is 9.92. The number of hydrogen-bond donors (Lipinski definition) is 1. The van der Waals surface area contributed by atoms with E-state index < -0.39 is 18.0 Å². The second-order valence-corrected chi connectivity index (χ2v) is 7.63. The van der Waals surface area contributed by atoms with Crippen molar-refractivity contribution < 1.29 is 19.4 Å². The number of carboxylic acid groups (broad SMARTS) is 1. The molecule has 5 heteroatoms. The van der Waals surface area contributed by atoms with Gasteiger partial charge in [-0.1, -0.05) is 55.5 Å².